The topological polar surface area (TPSA) is 92.2 Å². The number of amides is 1. The number of carbonyl (C=O) groups is 2. The van der Waals surface area contributed by atoms with E-state index in [1.54, 1.807) is 0 Å². The molecule has 9 heteroatoms. The smallest absolute Gasteiger partial charge is 0.451 e. The molecule has 1 aliphatic rings. The van der Waals surface area contributed by atoms with Crippen molar-refractivity contribution in [2.45, 2.75) is 50.7 Å². The number of nitrogens with zero attached hydrogens (tertiary/aromatic N) is 2. The quantitative estimate of drug-likeness (QED) is 0.887. The Bertz CT molecular complexity index is 625. The molecule has 1 fully saturated rings. The summed E-state index contributed by atoms with van der Waals surface area (Å²) in [5, 5.41) is 11.8. The molecule has 0 aromatic carbocycles. The van der Waals surface area contributed by atoms with Gasteiger partial charge in [-0.1, -0.05) is 19.3 Å². The van der Waals surface area contributed by atoms with Crippen molar-refractivity contribution in [3.63, 3.8) is 0 Å². The number of carbonyl (C=O) groups excluding carboxylic acids is 1. The number of hydrogen-bond donors (Lipinski definition) is 2. The summed E-state index contributed by atoms with van der Waals surface area (Å²) in [6, 6.07) is 1.10. The second-order valence-electron chi connectivity index (χ2n) is 5.62. The number of rotatable bonds is 3. The van der Waals surface area contributed by atoms with Crippen LogP contribution in [-0.2, 0) is 11.0 Å². The van der Waals surface area contributed by atoms with Gasteiger partial charge in [0.1, 0.15) is 11.2 Å². The fraction of sp³-hybridized carbons (Fsp3) is 0.571. The molecule has 0 radical (unpaired) electrons. The van der Waals surface area contributed by atoms with Gasteiger partial charge in [0.05, 0.1) is 0 Å². The molecule has 1 saturated carbocycles. The van der Waals surface area contributed by atoms with Gasteiger partial charge >= 0.3 is 12.1 Å². The lowest BCUT2D eigenvalue weighted by Crippen LogP contribution is -2.55. The van der Waals surface area contributed by atoms with Crippen molar-refractivity contribution in [2.24, 2.45) is 0 Å². The minimum absolute atomic E-state index is 0.0227. The highest BCUT2D eigenvalue weighted by molar-refractivity contribution is 5.96. The maximum Gasteiger partial charge on any atom is 0.451 e. The molecular weight excluding hydrogens is 315 g/mol. The van der Waals surface area contributed by atoms with Gasteiger partial charge in [-0.3, -0.25) is 4.79 Å². The van der Waals surface area contributed by atoms with E-state index in [1.165, 1.54) is 6.92 Å². The molecule has 1 aliphatic carbocycles. The average molecular weight is 331 g/mol. The Morgan fingerprint density at radius 1 is 1.22 bits per heavy atom. The Balaban J connectivity index is 2.29. The Kier molecular flexibility index (Phi) is 4.58. The van der Waals surface area contributed by atoms with Crippen molar-refractivity contribution < 1.29 is 27.9 Å². The molecule has 0 aliphatic heterocycles. The molecule has 23 heavy (non-hydrogen) atoms. The van der Waals surface area contributed by atoms with Crippen LogP contribution in [0, 0.1) is 6.92 Å². The summed E-state index contributed by atoms with van der Waals surface area (Å²) >= 11 is 0. The molecule has 0 unspecified atom stereocenters. The van der Waals surface area contributed by atoms with Gasteiger partial charge in [0.25, 0.3) is 5.91 Å². The molecule has 1 aromatic heterocycles. The fourth-order valence-electron chi connectivity index (χ4n) is 2.64. The number of hydrogen-bond acceptors (Lipinski definition) is 4. The third-order valence-electron chi connectivity index (χ3n) is 3.81. The van der Waals surface area contributed by atoms with Crippen molar-refractivity contribution in [2.75, 3.05) is 0 Å². The maximum atomic E-state index is 12.7. The van der Waals surface area contributed by atoms with Gasteiger partial charge in [-0.15, -0.1) is 0 Å². The van der Waals surface area contributed by atoms with E-state index in [9.17, 15) is 27.9 Å². The van der Waals surface area contributed by atoms with E-state index < -0.39 is 35.1 Å². The standard InChI is InChI=1S/C14H16F3N3O3/c1-8-7-9(19-11(18-8)14(15,16)17)10(21)20-13(12(22)23)5-3-2-4-6-13/h7H,2-6H2,1H3,(H,20,21)(H,22,23). The Hall–Kier alpha value is -2.19. The fourth-order valence-corrected chi connectivity index (χ4v) is 2.64. The zero-order valence-corrected chi connectivity index (χ0v) is 12.4. The zero-order chi connectivity index (χ0) is 17.3. The number of carboxylic acid groups (broad SMARTS) is 1. The minimum Gasteiger partial charge on any atom is -0.480 e. The van der Waals surface area contributed by atoms with Crippen LogP contribution < -0.4 is 5.32 Å². The lowest BCUT2D eigenvalue weighted by molar-refractivity contribution is -0.146. The second kappa shape index (κ2) is 6.13. The first kappa shape index (κ1) is 17.2. The van der Waals surface area contributed by atoms with Crippen LogP contribution in [0.1, 0.15) is 54.1 Å². The first-order valence-corrected chi connectivity index (χ1v) is 7.13. The average Bonchev–Trinajstić information content (AvgIpc) is 2.46. The largest absolute Gasteiger partial charge is 0.480 e. The highest BCUT2D eigenvalue weighted by atomic mass is 19.4. The molecule has 1 amide bonds. The van der Waals surface area contributed by atoms with Crippen LogP contribution in [-0.4, -0.2) is 32.5 Å². The highest BCUT2D eigenvalue weighted by Crippen LogP contribution is 2.29. The molecule has 0 spiro atoms. The third kappa shape index (κ3) is 3.77. The molecule has 6 nitrogen and oxygen atoms in total. The molecule has 2 N–H and O–H groups in total. The van der Waals surface area contributed by atoms with Gasteiger partial charge in [0.15, 0.2) is 0 Å². The van der Waals surface area contributed by atoms with E-state index in [0.717, 1.165) is 12.5 Å². The van der Waals surface area contributed by atoms with E-state index in [1.807, 2.05) is 0 Å². The Morgan fingerprint density at radius 3 is 2.35 bits per heavy atom. The lowest BCUT2D eigenvalue weighted by Gasteiger charge is -2.33. The summed E-state index contributed by atoms with van der Waals surface area (Å²) in [5.41, 5.74) is -1.96. The molecule has 2 rings (SSSR count). The van der Waals surface area contributed by atoms with Gasteiger partial charge in [-0.25, -0.2) is 14.8 Å². The first-order chi connectivity index (χ1) is 10.6. The van der Waals surface area contributed by atoms with Crippen molar-refractivity contribution in [1.29, 1.82) is 0 Å². The first-order valence-electron chi connectivity index (χ1n) is 7.13. The SMILES string of the molecule is Cc1cc(C(=O)NC2(C(=O)O)CCCCC2)nc(C(F)(F)F)n1. The van der Waals surface area contributed by atoms with Crippen LogP contribution in [0.25, 0.3) is 0 Å². The summed E-state index contributed by atoms with van der Waals surface area (Å²) < 4.78 is 38.2. The Morgan fingerprint density at radius 2 is 1.83 bits per heavy atom. The number of alkyl halides is 3. The molecule has 0 saturated heterocycles. The number of nitrogens with one attached hydrogen (secondary N) is 1. The third-order valence-corrected chi connectivity index (χ3v) is 3.81. The minimum atomic E-state index is -4.78. The van der Waals surface area contributed by atoms with Gasteiger partial charge < -0.3 is 10.4 Å². The summed E-state index contributed by atoms with van der Waals surface area (Å²) in [4.78, 5) is 30.2. The number of aliphatic carboxylic acids is 1. The summed E-state index contributed by atoms with van der Waals surface area (Å²) in [6.45, 7) is 1.31. The van der Waals surface area contributed by atoms with Gasteiger partial charge in [0, 0.05) is 5.69 Å². The molecule has 0 atom stereocenters. The van der Waals surface area contributed by atoms with E-state index >= 15 is 0 Å². The summed E-state index contributed by atoms with van der Waals surface area (Å²) in [5.74, 6) is -3.55. The normalized spacial score (nSPS) is 17.6. The zero-order valence-electron chi connectivity index (χ0n) is 12.4. The van der Waals surface area contributed by atoms with Crippen molar-refractivity contribution in [3.8, 4) is 0 Å². The van der Waals surface area contributed by atoms with Crippen LogP contribution >= 0.6 is 0 Å². The number of carboxylic acids is 1. The van der Waals surface area contributed by atoms with E-state index in [-0.39, 0.29) is 18.5 Å². The molecule has 126 valence electrons. The lowest BCUT2D eigenvalue weighted by atomic mass is 9.81. The number of aromatic nitrogens is 2. The molecule has 1 heterocycles. The molecular formula is C14H16F3N3O3. The highest BCUT2D eigenvalue weighted by Gasteiger charge is 2.42. The monoisotopic (exact) mass is 331 g/mol. The van der Waals surface area contributed by atoms with E-state index in [0.29, 0.717) is 12.8 Å². The van der Waals surface area contributed by atoms with Crippen LogP contribution in [0.5, 0.6) is 0 Å². The van der Waals surface area contributed by atoms with Crippen LogP contribution in [0.4, 0.5) is 13.2 Å². The molecule has 0 bridgehead atoms. The predicted octanol–water partition coefficient (Wildman–Crippen LogP) is 2.32. The van der Waals surface area contributed by atoms with Crippen molar-refractivity contribution in [3.05, 3.63) is 23.3 Å². The van der Waals surface area contributed by atoms with E-state index in [4.69, 9.17) is 0 Å². The molecule has 1 aromatic rings. The van der Waals surface area contributed by atoms with Crippen LogP contribution in [0.15, 0.2) is 6.07 Å². The van der Waals surface area contributed by atoms with Crippen molar-refractivity contribution in [1.82, 2.24) is 15.3 Å². The summed E-state index contributed by atoms with van der Waals surface area (Å²) in [6.07, 6.45) is -2.19. The van der Waals surface area contributed by atoms with Crippen LogP contribution in [0.3, 0.4) is 0 Å². The predicted molar refractivity (Wildman–Crippen MR) is 72.7 cm³/mol. The van der Waals surface area contributed by atoms with Gasteiger partial charge in [-0.05, 0) is 25.8 Å². The second-order valence-corrected chi connectivity index (χ2v) is 5.62. The number of halogens is 3. The van der Waals surface area contributed by atoms with Crippen molar-refractivity contribution >= 4 is 11.9 Å². The van der Waals surface area contributed by atoms with Gasteiger partial charge in [0.2, 0.25) is 5.82 Å². The summed E-state index contributed by atoms with van der Waals surface area (Å²) in [7, 11) is 0. The Labute approximate surface area is 130 Å². The number of aryl methyl sites for hydroxylation is 1. The van der Waals surface area contributed by atoms with E-state index in [2.05, 4.69) is 15.3 Å². The van der Waals surface area contributed by atoms with Crippen LogP contribution in [0.2, 0.25) is 0 Å². The maximum absolute atomic E-state index is 12.7. The van der Waals surface area contributed by atoms with Gasteiger partial charge in [-0.2, -0.15) is 13.2 Å².